The predicted molar refractivity (Wildman–Crippen MR) is 64.8 cm³/mol. The molecule has 0 unspecified atom stereocenters. The van der Waals surface area contributed by atoms with Crippen LogP contribution in [-0.4, -0.2) is 4.57 Å². The van der Waals surface area contributed by atoms with E-state index in [4.69, 9.17) is 0 Å². The molecule has 0 fully saturated rings. The molecule has 1 aromatic carbocycles. The Morgan fingerprint density at radius 2 is 1.64 bits per heavy atom. The molecule has 0 aliphatic rings. The van der Waals surface area contributed by atoms with Gasteiger partial charge < -0.3 is 4.57 Å². The lowest BCUT2D eigenvalue weighted by molar-refractivity contribution is 1.03. The highest BCUT2D eigenvalue weighted by Crippen LogP contribution is 2.15. The Morgan fingerprint density at radius 3 is 2.29 bits per heavy atom. The first-order chi connectivity index (χ1) is 6.77. The van der Waals surface area contributed by atoms with Gasteiger partial charge in [-0.1, -0.05) is 12.1 Å². The van der Waals surface area contributed by atoms with Crippen molar-refractivity contribution in [3.8, 4) is 5.69 Å². The number of benzene rings is 1. The molecule has 2 aromatic rings. The topological polar surface area (TPSA) is 22.0 Å². The van der Waals surface area contributed by atoms with E-state index < -0.39 is 0 Å². The molecule has 14 heavy (non-hydrogen) atoms. The van der Waals surface area contributed by atoms with Crippen LogP contribution in [0.2, 0.25) is 0 Å². The molecule has 0 aliphatic heterocycles. The SMILES string of the molecule is O=c1ccn(-c2ccccc2I)cc1. The van der Waals surface area contributed by atoms with Gasteiger partial charge in [0, 0.05) is 28.1 Å². The monoisotopic (exact) mass is 297 g/mol. The summed E-state index contributed by atoms with van der Waals surface area (Å²) in [4.78, 5) is 10.9. The van der Waals surface area contributed by atoms with Gasteiger partial charge >= 0.3 is 0 Å². The van der Waals surface area contributed by atoms with Gasteiger partial charge in [-0.05, 0) is 34.7 Å². The highest BCUT2D eigenvalue weighted by molar-refractivity contribution is 14.1. The molecule has 0 saturated carbocycles. The first-order valence-electron chi connectivity index (χ1n) is 4.20. The van der Waals surface area contributed by atoms with E-state index in [0.717, 1.165) is 9.26 Å². The largest absolute Gasteiger partial charge is 0.323 e. The van der Waals surface area contributed by atoms with E-state index in [2.05, 4.69) is 22.6 Å². The summed E-state index contributed by atoms with van der Waals surface area (Å²) in [5, 5.41) is 0. The fourth-order valence-electron chi connectivity index (χ4n) is 1.23. The minimum atomic E-state index is 0.0344. The minimum Gasteiger partial charge on any atom is -0.323 e. The van der Waals surface area contributed by atoms with Gasteiger partial charge in [-0.2, -0.15) is 0 Å². The molecule has 0 N–H and O–H groups in total. The number of para-hydroxylation sites is 1. The minimum absolute atomic E-state index is 0.0344. The summed E-state index contributed by atoms with van der Waals surface area (Å²) in [6, 6.07) is 11.1. The molecule has 2 nitrogen and oxygen atoms in total. The number of hydrogen-bond donors (Lipinski definition) is 0. The quantitative estimate of drug-likeness (QED) is 0.741. The van der Waals surface area contributed by atoms with E-state index in [1.807, 2.05) is 28.8 Å². The van der Waals surface area contributed by atoms with Gasteiger partial charge in [-0.15, -0.1) is 0 Å². The second-order valence-corrected chi connectivity index (χ2v) is 4.05. The molecule has 70 valence electrons. The predicted octanol–water partition coefficient (Wildman–Crippen LogP) is 2.44. The van der Waals surface area contributed by atoms with E-state index in [-0.39, 0.29) is 5.43 Å². The van der Waals surface area contributed by atoms with Crippen molar-refractivity contribution in [1.29, 1.82) is 0 Å². The van der Waals surface area contributed by atoms with Gasteiger partial charge in [0.15, 0.2) is 5.43 Å². The van der Waals surface area contributed by atoms with Crippen molar-refractivity contribution in [2.24, 2.45) is 0 Å². The van der Waals surface area contributed by atoms with Crippen LogP contribution in [0.4, 0.5) is 0 Å². The van der Waals surface area contributed by atoms with Crippen molar-refractivity contribution in [2.75, 3.05) is 0 Å². The maximum Gasteiger partial charge on any atom is 0.181 e. The fraction of sp³-hybridized carbons (Fsp3) is 0. The van der Waals surface area contributed by atoms with Gasteiger partial charge in [-0.3, -0.25) is 4.79 Å². The molecule has 0 spiro atoms. The van der Waals surface area contributed by atoms with Crippen molar-refractivity contribution in [3.63, 3.8) is 0 Å². The van der Waals surface area contributed by atoms with E-state index >= 15 is 0 Å². The second kappa shape index (κ2) is 3.96. The smallest absolute Gasteiger partial charge is 0.181 e. The van der Waals surface area contributed by atoms with E-state index in [0.29, 0.717) is 0 Å². The first-order valence-corrected chi connectivity index (χ1v) is 5.28. The van der Waals surface area contributed by atoms with Crippen molar-refractivity contribution in [1.82, 2.24) is 4.57 Å². The summed E-state index contributed by atoms with van der Waals surface area (Å²) < 4.78 is 3.09. The highest BCUT2D eigenvalue weighted by atomic mass is 127. The number of aromatic nitrogens is 1. The average Bonchev–Trinajstić information content (AvgIpc) is 2.20. The van der Waals surface area contributed by atoms with Gasteiger partial charge in [0.1, 0.15) is 0 Å². The van der Waals surface area contributed by atoms with Gasteiger partial charge in [-0.25, -0.2) is 0 Å². The fourth-order valence-corrected chi connectivity index (χ4v) is 1.90. The summed E-state index contributed by atoms with van der Waals surface area (Å²) >= 11 is 2.27. The zero-order valence-electron chi connectivity index (χ0n) is 7.35. The summed E-state index contributed by atoms with van der Waals surface area (Å²) in [7, 11) is 0. The second-order valence-electron chi connectivity index (χ2n) is 2.89. The van der Waals surface area contributed by atoms with Crippen LogP contribution in [0.3, 0.4) is 0 Å². The van der Waals surface area contributed by atoms with Crippen LogP contribution in [-0.2, 0) is 0 Å². The zero-order chi connectivity index (χ0) is 9.97. The zero-order valence-corrected chi connectivity index (χ0v) is 9.51. The van der Waals surface area contributed by atoms with Crippen molar-refractivity contribution in [3.05, 3.63) is 62.6 Å². The first kappa shape index (κ1) is 9.45. The molecule has 0 atom stereocenters. The Bertz CT molecular complexity index is 484. The summed E-state index contributed by atoms with van der Waals surface area (Å²) in [5.74, 6) is 0. The van der Waals surface area contributed by atoms with Crippen LogP contribution in [0, 0.1) is 3.57 Å². The lowest BCUT2D eigenvalue weighted by atomic mass is 10.3. The molecule has 3 heteroatoms. The Morgan fingerprint density at radius 1 is 1.00 bits per heavy atom. The molecule has 1 heterocycles. The van der Waals surface area contributed by atoms with Crippen LogP contribution in [0.1, 0.15) is 0 Å². The molecule has 0 saturated heterocycles. The maximum atomic E-state index is 10.9. The molecular weight excluding hydrogens is 289 g/mol. The third kappa shape index (κ3) is 1.87. The summed E-state index contributed by atoms with van der Waals surface area (Å²) in [6.07, 6.45) is 3.56. The third-order valence-electron chi connectivity index (χ3n) is 1.93. The summed E-state index contributed by atoms with van der Waals surface area (Å²) in [5.41, 5.74) is 1.13. The van der Waals surface area contributed by atoms with Gasteiger partial charge in [0.2, 0.25) is 0 Å². The maximum absolute atomic E-state index is 10.9. The molecule has 0 radical (unpaired) electrons. The van der Waals surface area contributed by atoms with Gasteiger partial charge in [0.25, 0.3) is 0 Å². The number of rotatable bonds is 1. The molecule has 0 bridgehead atoms. The Hall–Kier alpha value is -1.10. The molecule has 0 aliphatic carbocycles. The Balaban J connectivity index is 2.55. The van der Waals surface area contributed by atoms with Crippen LogP contribution in [0.15, 0.2) is 53.6 Å². The number of halogens is 1. The van der Waals surface area contributed by atoms with Crippen LogP contribution in [0.25, 0.3) is 5.69 Å². The number of hydrogen-bond acceptors (Lipinski definition) is 1. The van der Waals surface area contributed by atoms with Crippen LogP contribution >= 0.6 is 22.6 Å². The Labute approximate surface area is 95.3 Å². The molecular formula is C11H8INO. The van der Waals surface area contributed by atoms with E-state index in [1.165, 1.54) is 0 Å². The highest BCUT2D eigenvalue weighted by Gasteiger charge is 1.97. The average molecular weight is 297 g/mol. The van der Waals surface area contributed by atoms with Crippen LogP contribution in [0.5, 0.6) is 0 Å². The van der Waals surface area contributed by atoms with Gasteiger partial charge in [0.05, 0.1) is 5.69 Å². The molecule has 0 amide bonds. The number of nitrogens with zero attached hydrogens (tertiary/aromatic N) is 1. The normalized spacial score (nSPS) is 10.1. The van der Waals surface area contributed by atoms with Crippen LogP contribution < -0.4 is 5.43 Å². The van der Waals surface area contributed by atoms with Crippen molar-refractivity contribution in [2.45, 2.75) is 0 Å². The lowest BCUT2D eigenvalue weighted by Gasteiger charge is -2.07. The molecule has 1 aromatic heterocycles. The summed E-state index contributed by atoms with van der Waals surface area (Å²) in [6.45, 7) is 0. The van der Waals surface area contributed by atoms with E-state index in [1.54, 1.807) is 24.5 Å². The van der Waals surface area contributed by atoms with Crippen molar-refractivity contribution >= 4 is 22.6 Å². The van der Waals surface area contributed by atoms with E-state index in [9.17, 15) is 4.79 Å². The standard InChI is InChI=1S/C11H8INO/c12-10-3-1-2-4-11(10)13-7-5-9(14)6-8-13/h1-8H. The lowest BCUT2D eigenvalue weighted by Crippen LogP contribution is -2.02. The molecule has 2 rings (SSSR count). The third-order valence-corrected chi connectivity index (χ3v) is 2.84. The number of pyridine rings is 1. The Kier molecular flexibility index (Phi) is 2.67. The van der Waals surface area contributed by atoms with Crippen molar-refractivity contribution < 1.29 is 0 Å².